The number of rotatable bonds is 3. The largest absolute Gasteiger partial charge is 0.481 e. The van der Waals surface area contributed by atoms with Crippen molar-refractivity contribution in [3.63, 3.8) is 0 Å². The van der Waals surface area contributed by atoms with Crippen molar-refractivity contribution in [2.45, 2.75) is 26.7 Å². The quantitative estimate of drug-likeness (QED) is 0.834. The minimum absolute atomic E-state index is 0.679. The average molecular weight is 204 g/mol. The van der Waals surface area contributed by atoms with Crippen molar-refractivity contribution in [3.8, 4) is 5.88 Å². The van der Waals surface area contributed by atoms with Gasteiger partial charge in [0, 0.05) is 11.8 Å². The van der Waals surface area contributed by atoms with Crippen LogP contribution >= 0.6 is 0 Å². The smallest absolute Gasteiger partial charge is 0.213 e. The van der Waals surface area contributed by atoms with Gasteiger partial charge >= 0.3 is 0 Å². The molecule has 15 heavy (non-hydrogen) atoms. The molecule has 3 nitrogen and oxygen atoms in total. The molecule has 0 aromatic carbocycles. The predicted octanol–water partition coefficient (Wildman–Crippen LogP) is 2.83. The zero-order valence-electron chi connectivity index (χ0n) is 9.42. The number of ether oxygens (including phenoxy) is 1. The molecule has 2 aromatic heterocycles. The highest BCUT2D eigenvalue weighted by atomic mass is 16.5. The Morgan fingerprint density at radius 2 is 2.20 bits per heavy atom. The van der Waals surface area contributed by atoms with Crippen LogP contribution < -0.4 is 4.74 Å². The van der Waals surface area contributed by atoms with Crippen LogP contribution in [-0.2, 0) is 6.42 Å². The fourth-order valence-electron chi connectivity index (χ4n) is 1.90. The van der Waals surface area contributed by atoms with Crippen molar-refractivity contribution in [2.24, 2.45) is 0 Å². The van der Waals surface area contributed by atoms with Gasteiger partial charge in [-0.25, -0.2) is 4.98 Å². The molecule has 0 saturated heterocycles. The lowest BCUT2D eigenvalue weighted by atomic mass is 10.1. The summed E-state index contributed by atoms with van der Waals surface area (Å²) >= 11 is 0. The molecule has 0 aliphatic rings. The lowest BCUT2D eigenvalue weighted by molar-refractivity contribution is 0.399. The second kappa shape index (κ2) is 3.93. The number of pyridine rings is 1. The normalized spacial score (nSPS) is 10.9. The van der Waals surface area contributed by atoms with E-state index < -0.39 is 0 Å². The zero-order chi connectivity index (χ0) is 10.8. The molecular weight excluding hydrogens is 188 g/mol. The maximum atomic E-state index is 5.14. The number of aromatic nitrogens is 2. The molecule has 3 heteroatoms. The molecular formula is C12H16N2O. The van der Waals surface area contributed by atoms with Crippen molar-refractivity contribution in [1.29, 1.82) is 0 Å². The Kier molecular flexibility index (Phi) is 2.62. The van der Waals surface area contributed by atoms with E-state index in [4.69, 9.17) is 4.74 Å². The molecule has 2 aromatic rings. The highest BCUT2D eigenvalue weighted by Crippen LogP contribution is 2.23. The first kappa shape index (κ1) is 10.0. The third-order valence-corrected chi connectivity index (χ3v) is 2.64. The maximum Gasteiger partial charge on any atom is 0.213 e. The Balaban J connectivity index is 2.61. The summed E-state index contributed by atoms with van der Waals surface area (Å²) < 4.78 is 5.14. The number of hydrogen-bond acceptors (Lipinski definition) is 2. The average Bonchev–Trinajstić information content (AvgIpc) is 2.55. The van der Waals surface area contributed by atoms with Crippen LogP contribution in [-0.4, -0.2) is 17.1 Å². The van der Waals surface area contributed by atoms with Gasteiger partial charge in [-0.3, -0.25) is 0 Å². The molecule has 0 fully saturated rings. The van der Waals surface area contributed by atoms with E-state index in [1.807, 2.05) is 12.1 Å². The van der Waals surface area contributed by atoms with E-state index in [1.54, 1.807) is 7.11 Å². The van der Waals surface area contributed by atoms with Gasteiger partial charge in [0.05, 0.1) is 18.1 Å². The van der Waals surface area contributed by atoms with Crippen molar-refractivity contribution in [3.05, 3.63) is 23.4 Å². The van der Waals surface area contributed by atoms with Crippen LogP contribution in [0.25, 0.3) is 11.0 Å². The van der Waals surface area contributed by atoms with Gasteiger partial charge in [0.2, 0.25) is 5.88 Å². The summed E-state index contributed by atoms with van der Waals surface area (Å²) in [5, 5.41) is 0. The van der Waals surface area contributed by atoms with Gasteiger partial charge in [-0.1, -0.05) is 13.3 Å². The third-order valence-electron chi connectivity index (χ3n) is 2.64. The van der Waals surface area contributed by atoms with E-state index in [9.17, 15) is 0 Å². The van der Waals surface area contributed by atoms with Crippen LogP contribution in [0.5, 0.6) is 5.88 Å². The zero-order valence-corrected chi connectivity index (χ0v) is 9.42. The SMILES string of the molecule is CCCc1c(C)[nH]c2ccc(OC)nc12. The Labute approximate surface area is 89.5 Å². The summed E-state index contributed by atoms with van der Waals surface area (Å²) in [4.78, 5) is 7.82. The van der Waals surface area contributed by atoms with Crippen LogP contribution in [0.3, 0.4) is 0 Å². The third kappa shape index (κ3) is 1.69. The standard InChI is InChI=1S/C12H16N2O/c1-4-5-9-8(2)13-10-6-7-11(15-3)14-12(9)10/h6-7,13H,4-5H2,1-3H3. The molecule has 0 saturated carbocycles. The highest BCUT2D eigenvalue weighted by molar-refractivity contribution is 5.81. The first-order valence-corrected chi connectivity index (χ1v) is 5.28. The van der Waals surface area contributed by atoms with Crippen LogP contribution in [0.1, 0.15) is 24.6 Å². The summed E-state index contributed by atoms with van der Waals surface area (Å²) in [5.41, 5.74) is 4.67. The molecule has 0 radical (unpaired) electrons. The van der Waals surface area contributed by atoms with Gasteiger partial charge in [-0.05, 0) is 25.0 Å². The first-order chi connectivity index (χ1) is 7.26. The Morgan fingerprint density at radius 1 is 1.40 bits per heavy atom. The molecule has 0 atom stereocenters. The van der Waals surface area contributed by atoms with E-state index in [2.05, 4.69) is 23.8 Å². The molecule has 0 aliphatic heterocycles. The topological polar surface area (TPSA) is 37.9 Å². The molecule has 0 aliphatic carbocycles. The number of fused-ring (bicyclic) bond motifs is 1. The summed E-state index contributed by atoms with van der Waals surface area (Å²) in [6.45, 7) is 4.28. The predicted molar refractivity (Wildman–Crippen MR) is 61.4 cm³/mol. The molecule has 0 bridgehead atoms. The lowest BCUT2D eigenvalue weighted by Crippen LogP contribution is -1.89. The number of H-pyrrole nitrogens is 1. The summed E-state index contributed by atoms with van der Waals surface area (Å²) in [7, 11) is 1.65. The van der Waals surface area contributed by atoms with Gasteiger partial charge in [0.1, 0.15) is 0 Å². The number of aryl methyl sites for hydroxylation is 2. The van der Waals surface area contributed by atoms with Crippen molar-refractivity contribution < 1.29 is 4.74 Å². The van der Waals surface area contributed by atoms with Gasteiger partial charge in [-0.15, -0.1) is 0 Å². The van der Waals surface area contributed by atoms with Crippen LogP contribution in [0.2, 0.25) is 0 Å². The Morgan fingerprint density at radius 3 is 2.87 bits per heavy atom. The van der Waals surface area contributed by atoms with Crippen LogP contribution in [0, 0.1) is 6.92 Å². The van der Waals surface area contributed by atoms with E-state index in [0.29, 0.717) is 5.88 Å². The highest BCUT2D eigenvalue weighted by Gasteiger charge is 2.09. The summed E-state index contributed by atoms with van der Waals surface area (Å²) in [5.74, 6) is 0.679. The Bertz CT molecular complexity index is 474. The van der Waals surface area contributed by atoms with Gasteiger partial charge < -0.3 is 9.72 Å². The first-order valence-electron chi connectivity index (χ1n) is 5.28. The summed E-state index contributed by atoms with van der Waals surface area (Å²) in [6.07, 6.45) is 2.19. The van der Waals surface area contributed by atoms with E-state index in [-0.39, 0.29) is 0 Å². The Hall–Kier alpha value is -1.51. The van der Waals surface area contributed by atoms with Gasteiger partial charge in [0.25, 0.3) is 0 Å². The molecule has 0 unspecified atom stereocenters. The molecule has 2 heterocycles. The maximum absolute atomic E-state index is 5.14. The van der Waals surface area contributed by atoms with Crippen LogP contribution in [0.4, 0.5) is 0 Å². The molecule has 2 rings (SSSR count). The van der Waals surface area contributed by atoms with E-state index >= 15 is 0 Å². The number of methoxy groups -OCH3 is 1. The summed E-state index contributed by atoms with van der Waals surface area (Å²) in [6, 6.07) is 3.90. The van der Waals surface area contributed by atoms with Crippen LogP contribution in [0.15, 0.2) is 12.1 Å². The van der Waals surface area contributed by atoms with E-state index in [1.165, 1.54) is 11.3 Å². The number of aromatic amines is 1. The minimum Gasteiger partial charge on any atom is -0.481 e. The molecule has 80 valence electrons. The van der Waals surface area contributed by atoms with Gasteiger partial charge in [-0.2, -0.15) is 0 Å². The number of hydrogen-bond donors (Lipinski definition) is 1. The number of nitrogens with one attached hydrogen (secondary N) is 1. The van der Waals surface area contributed by atoms with Gasteiger partial charge in [0.15, 0.2) is 0 Å². The number of nitrogens with zero attached hydrogens (tertiary/aromatic N) is 1. The second-order valence-corrected chi connectivity index (χ2v) is 3.73. The second-order valence-electron chi connectivity index (χ2n) is 3.73. The van der Waals surface area contributed by atoms with E-state index in [0.717, 1.165) is 23.9 Å². The minimum atomic E-state index is 0.679. The fraction of sp³-hybridized carbons (Fsp3) is 0.417. The monoisotopic (exact) mass is 204 g/mol. The molecule has 0 amide bonds. The molecule has 1 N–H and O–H groups in total. The fourth-order valence-corrected chi connectivity index (χ4v) is 1.90. The van der Waals surface area contributed by atoms with Crippen molar-refractivity contribution >= 4 is 11.0 Å². The van der Waals surface area contributed by atoms with Crippen molar-refractivity contribution in [1.82, 2.24) is 9.97 Å². The van der Waals surface area contributed by atoms with Crippen molar-refractivity contribution in [2.75, 3.05) is 7.11 Å². The lowest BCUT2D eigenvalue weighted by Gasteiger charge is -2.00. The molecule has 0 spiro atoms.